The Labute approximate surface area is 130 Å². The number of esters is 1. The molecule has 0 atom stereocenters. The minimum absolute atomic E-state index is 0.0227. The van der Waals surface area contributed by atoms with Crippen LogP contribution in [0.1, 0.15) is 39.8 Å². The number of aromatic nitrogens is 1. The molecule has 1 heterocycles. The van der Waals surface area contributed by atoms with Crippen molar-refractivity contribution >= 4 is 11.8 Å². The van der Waals surface area contributed by atoms with Crippen LogP contribution >= 0.6 is 0 Å². The fourth-order valence-corrected chi connectivity index (χ4v) is 2.71. The number of nitrogens with zero attached hydrogens (tertiary/aromatic N) is 1. The molecule has 0 fully saturated rings. The molecule has 1 aromatic heterocycles. The van der Waals surface area contributed by atoms with E-state index in [0.29, 0.717) is 5.56 Å². The zero-order chi connectivity index (χ0) is 16.3. The lowest BCUT2D eigenvalue weighted by atomic mass is 10.1. The smallest absolute Gasteiger partial charge is 0.326 e. The summed E-state index contributed by atoms with van der Waals surface area (Å²) in [6.45, 7) is 7.62. The lowest BCUT2D eigenvalue weighted by Gasteiger charge is -2.10. The van der Waals surface area contributed by atoms with E-state index < -0.39 is 0 Å². The van der Waals surface area contributed by atoms with E-state index >= 15 is 0 Å². The first-order chi connectivity index (χ1) is 10.4. The number of ether oxygens (including phenoxy) is 1. The summed E-state index contributed by atoms with van der Waals surface area (Å²) >= 11 is 0. The van der Waals surface area contributed by atoms with Crippen LogP contribution in [0.3, 0.4) is 0 Å². The molecule has 0 radical (unpaired) electrons. The fraction of sp³-hybridized carbons (Fsp3) is 0.333. The van der Waals surface area contributed by atoms with E-state index in [0.717, 1.165) is 22.5 Å². The minimum Gasteiger partial charge on any atom is -0.459 e. The van der Waals surface area contributed by atoms with Gasteiger partial charge in [-0.25, -0.2) is 0 Å². The molecule has 4 nitrogen and oxygen atoms in total. The van der Waals surface area contributed by atoms with Crippen molar-refractivity contribution in [2.24, 2.45) is 0 Å². The standard InChI is InChI=1S/C18H21NO3/c1-12-13(2)19(14(3)18(12)15(4)20)10-17(21)22-11-16-8-6-5-7-9-16/h5-9H,10-11H2,1-4H3. The number of ketones is 1. The van der Waals surface area contributed by atoms with Gasteiger partial charge >= 0.3 is 5.97 Å². The normalized spacial score (nSPS) is 10.5. The number of benzene rings is 1. The Morgan fingerprint density at radius 1 is 1.05 bits per heavy atom. The van der Waals surface area contributed by atoms with Crippen LogP contribution in [0.5, 0.6) is 0 Å². The third-order valence-electron chi connectivity index (χ3n) is 3.97. The second-order valence-corrected chi connectivity index (χ2v) is 5.46. The first-order valence-electron chi connectivity index (χ1n) is 7.28. The van der Waals surface area contributed by atoms with E-state index in [4.69, 9.17) is 4.74 Å². The van der Waals surface area contributed by atoms with E-state index in [1.165, 1.54) is 0 Å². The van der Waals surface area contributed by atoms with Crippen molar-refractivity contribution in [3.05, 3.63) is 58.4 Å². The number of carbonyl (C=O) groups excluding carboxylic acids is 2. The molecule has 0 N–H and O–H groups in total. The summed E-state index contributed by atoms with van der Waals surface area (Å²) < 4.78 is 7.15. The van der Waals surface area contributed by atoms with Crippen molar-refractivity contribution in [3.63, 3.8) is 0 Å². The van der Waals surface area contributed by atoms with Crippen LogP contribution < -0.4 is 0 Å². The maximum atomic E-state index is 12.1. The van der Waals surface area contributed by atoms with Crippen LogP contribution in [0, 0.1) is 20.8 Å². The Morgan fingerprint density at radius 3 is 2.23 bits per heavy atom. The van der Waals surface area contributed by atoms with Crippen LogP contribution in [0.15, 0.2) is 30.3 Å². The number of Topliss-reactive ketones (excluding diaryl/α,β-unsaturated/α-hetero) is 1. The average molecular weight is 299 g/mol. The van der Waals surface area contributed by atoms with E-state index in [2.05, 4.69) is 0 Å². The van der Waals surface area contributed by atoms with E-state index in [-0.39, 0.29) is 24.9 Å². The molecule has 0 aliphatic rings. The third-order valence-corrected chi connectivity index (χ3v) is 3.97. The van der Waals surface area contributed by atoms with E-state index in [9.17, 15) is 9.59 Å². The molecule has 0 spiro atoms. The molecule has 116 valence electrons. The van der Waals surface area contributed by atoms with Gasteiger partial charge in [-0.15, -0.1) is 0 Å². The van der Waals surface area contributed by atoms with E-state index in [1.54, 1.807) is 6.92 Å². The highest BCUT2D eigenvalue weighted by Crippen LogP contribution is 2.22. The second-order valence-electron chi connectivity index (χ2n) is 5.46. The number of carbonyl (C=O) groups is 2. The lowest BCUT2D eigenvalue weighted by molar-refractivity contribution is -0.145. The number of hydrogen-bond acceptors (Lipinski definition) is 3. The molecular weight excluding hydrogens is 278 g/mol. The monoisotopic (exact) mass is 299 g/mol. The largest absolute Gasteiger partial charge is 0.459 e. The summed E-state index contributed by atoms with van der Waals surface area (Å²) in [4.78, 5) is 23.8. The maximum absolute atomic E-state index is 12.1. The third kappa shape index (κ3) is 3.27. The molecule has 0 saturated carbocycles. The van der Waals surface area contributed by atoms with Crippen LogP contribution in [0.2, 0.25) is 0 Å². The van der Waals surface area contributed by atoms with Gasteiger partial charge in [-0.3, -0.25) is 9.59 Å². The summed E-state index contributed by atoms with van der Waals surface area (Å²) in [6.07, 6.45) is 0. The quantitative estimate of drug-likeness (QED) is 0.628. The highest BCUT2D eigenvalue weighted by molar-refractivity contribution is 5.97. The molecular formula is C18H21NO3. The Hall–Kier alpha value is -2.36. The fourth-order valence-electron chi connectivity index (χ4n) is 2.71. The van der Waals surface area contributed by atoms with Gasteiger partial charge in [-0.1, -0.05) is 30.3 Å². The first kappa shape index (κ1) is 16.0. The molecule has 2 rings (SSSR count). The molecule has 1 aromatic carbocycles. The van der Waals surface area contributed by atoms with Crippen LogP contribution in [0.4, 0.5) is 0 Å². The number of hydrogen-bond donors (Lipinski definition) is 0. The van der Waals surface area contributed by atoms with Gasteiger partial charge in [0.05, 0.1) is 0 Å². The van der Waals surface area contributed by atoms with Gasteiger partial charge < -0.3 is 9.30 Å². The highest BCUT2D eigenvalue weighted by Gasteiger charge is 2.19. The SMILES string of the molecule is CC(=O)c1c(C)c(C)n(CC(=O)OCc2ccccc2)c1C. The molecule has 0 amide bonds. The Bertz CT molecular complexity index is 699. The summed E-state index contributed by atoms with van der Waals surface area (Å²) in [5, 5.41) is 0. The summed E-state index contributed by atoms with van der Waals surface area (Å²) in [6, 6.07) is 9.57. The Kier molecular flexibility index (Phi) is 4.81. The highest BCUT2D eigenvalue weighted by atomic mass is 16.5. The van der Waals surface area contributed by atoms with Gasteiger partial charge in [0.1, 0.15) is 13.2 Å². The summed E-state index contributed by atoms with van der Waals surface area (Å²) in [5.74, 6) is -0.283. The van der Waals surface area contributed by atoms with Gasteiger partial charge in [0, 0.05) is 17.0 Å². The predicted octanol–water partition coefficient (Wildman–Crippen LogP) is 3.36. The molecule has 22 heavy (non-hydrogen) atoms. The van der Waals surface area contributed by atoms with Crippen molar-refractivity contribution in [1.82, 2.24) is 4.57 Å². The van der Waals surface area contributed by atoms with Crippen LogP contribution in [-0.4, -0.2) is 16.3 Å². The van der Waals surface area contributed by atoms with Gasteiger partial charge in [0.2, 0.25) is 0 Å². The summed E-state index contributed by atoms with van der Waals surface area (Å²) in [7, 11) is 0. The average Bonchev–Trinajstić information content (AvgIpc) is 2.70. The molecule has 0 unspecified atom stereocenters. The van der Waals surface area contributed by atoms with Gasteiger partial charge in [0.25, 0.3) is 0 Å². The molecule has 0 aliphatic carbocycles. The van der Waals surface area contributed by atoms with Gasteiger partial charge in [-0.2, -0.15) is 0 Å². The van der Waals surface area contributed by atoms with E-state index in [1.807, 2.05) is 55.7 Å². The Balaban J connectivity index is 2.09. The van der Waals surface area contributed by atoms with Crippen LogP contribution in [-0.2, 0) is 22.7 Å². The molecule has 0 bridgehead atoms. The molecule has 0 aliphatic heterocycles. The van der Waals surface area contributed by atoms with Crippen molar-refractivity contribution in [3.8, 4) is 0 Å². The van der Waals surface area contributed by atoms with Crippen molar-refractivity contribution in [2.75, 3.05) is 0 Å². The molecule has 2 aromatic rings. The Morgan fingerprint density at radius 2 is 1.68 bits per heavy atom. The van der Waals surface area contributed by atoms with Crippen LogP contribution in [0.25, 0.3) is 0 Å². The second kappa shape index (κ2) is 6.60. The zero-order valence-electron chi connectivity index (χ0n) is 13.5. The summed E-state index contributed by atoms with van der Waals surface area (Å²) in [5.41, 5.74) is 4.34. The van der Waals surface area contributed by atoms with Crippen molar-refractivity contribution < 1.29 is 14.3 Å². The first-order valence-corrected chi connectivity index (χ1v) is 7.28. The van der Waals surface area contributed by atoms with Crippen molar-refractivity contribution in [2.45, 2.75) is 40.8 Å². The predicted molar refractivity (Wildman–Crippen MR) is 84.9 cm³/mol. The molecule has 4 heteroatoms. The maximum Gasteiger partial charge on any atom is 0.326 e. The lowest BCUT2D eigenvalue weighted by Crippen LogP contribution is -2.16. The number of rotatable bonds is 5. The molecule has 0 saturated heterocycles. The zero-order valence-corrected chi connectivity index (χ0v) is 13.5. The van der Waals surface area contributed by atoms with Gasteiger partial charge in [-0.05, 0) is 38.8 Å². The topological polar surface area (TPSA) is 48.3 Å². The van der Waals surface area contributed by atoms with Gasteiger partial charge in [0.15, 0.2) is 5.78 Å². The van der Waals surface area contributed by atoms with Crippen molar-refractivity contribution in [1.29, 1.82) is 0 Å². The minimum atomic E-state index is -0.305.